The largest absolute Gasteiger partial charge is 0.393 e. The van der Waals surface area contributed by atoms with Crippen LogP contribution in [-0.4, -0.2) is 41.7 Å². The Morgan fingerprint density at radius 1 is 1.38 bits per heavy atom. The molecule has 2 N–H and O–H groups in total. The Bertz CT molecular complexity index is 517. The number of aryl methyl sites for hydroxylation is 1. The van der Waals surface area contributed by atoms with Gasteiger partial charge < -0.3 is 10.4 Å². The fourth-order valence-electron chi connectivity index (χ4n) is 3.73. The van der Waals surface area contributed by atoms with E-state index in [0.717, 1.165) is 38.0 Å². The van der Waals surface area contributed by atoms with Gasteiger partial charge in [-0.05, 0) is 42.9 Å². The molecule has 3 atom stereocenters. The smallest absolute Gasteiger partial charge is 0.238 e. The minimum Gasteiger partial charge on any atom is -0.393 e. The lowest BCUT2D eigenvalue weighted by Crippen LogP contribution is -2.33. The third-order valence-electron chi connectivity index (χ3n) is 4.88. The van der Waals surface area contributed by atoms with E-state index in [1.54, 1.807) is 0 Å². The number of aliphatic hydroxyl groups is 1. The van der Waals surface area contributed by atoms with Crippen LogP contribution in [0.3, 0.4) is 0 Å². The van der Waals surface area contributed by atoms with Crippen molar-refractivity contribution in [1.29, 1.82) is 0 Å². The Kier molecular flexibility index (Phi) is 4.27. The van der Waals surface area contributed by atoms with Crippen LogP contribution in [0.4, 0.5) is 5.69 Å². The molecule has 1 amide bonds. The molecule has 3 rings (SSSR count). The number of hydrogen-bond acceptors (Lipinski definition) is 3. The van der Waals surface area contributed by atoms with Gasteiger partial charge in [0.05, 0.1) is 12.6 Å². The highest BCUT2D eigenvalue weighted by Gasteiger charge is 2.41. The molecule has 1 aliphatic carbocycles. The Hall–Kier alpha value is -1.39. The van der Waals surface area contributed by atoms with E-state index in [9.17, 15) is 9.90 Å². The van der Waals surface area contributed by atoms with Gasteiger partial charge in [-0.1, -0.05) is 19.1 Å². The maximum absolute atomic E-state index is 12.2. The van der Waals surface area contributed by atoms with E-state index in [1.807, 2.05) is 18.2 Å². The van der Waals surface area contributed by atoms with E-state index in [0.29, 0.717) is 18.4 Å². The van der Waals surface area contributed by atoms with Crippen molar-refractivity contribution in [1.82, 2.24) is 4.90 Å². The van der Waals surface area contributed by atoms with Crippen LogP contribution in [0.1, 0.15) is 25.3 Å². The maximum atomic E-state index is 12.2. The van der Waals surface area contributed by atoms with E-state index in [2.05, 4.69) is 23.2 Å². The number of amides is 1. The fourth-order valence-corrected chi connectivity index (χ4v) is 3.73. The van der Waals surface area contributed by atoms with Crippen LogP contribution in [0.15, 0.2) is 24.3 Å². The van der Waals surface area contributed by atoms with Gasteiger partial charge in [-0.2, -0.15) is 0 Å². The van der Waals surface area contributed by atoms with Gasteiger partial charge in [0.15, 0.2) is 0 Å². The normalized spacial score (nSPS) is 28.6. The lowest BCUT2D eigenvalue weighted by atomic mass is 10.00. The van der Waals surface area contributed by atoms with E-state index < -0.39 is 0 Å². The molecule has 0 bridgehead atoms. The Morgan fingerprint density at radius 3 is 3.00 bits per heavy atom. The number of anilines is 1. The van der Waals surface area contributed by atoms with E-state index in [4.69, 9.17) is 0 Å². The van der Waals surface area contributed by atoms with Gasteiger partial charge in [-0.3, -0.25) is 9.69 Å². The number of aliphatic hydroxyl groups excluding tert-OH is 1. The van der Waals surface area contributed by atoms with Crippen LogP contribution >= 0.6 is 0 Å². The first-order valence-corrected chi connectivity index (χ1v) is 7.95. The topological polar surface area (TPSA) is 52.6 Å². The monoisotopic (exact) mass is 288 g/mol. The quantitative estimate of drug-likeness (QED) is 0.889. The number of hydrogen-bond donors (Lipinski definition) is 2. The van der Waals surface area contributed by atoms with Crippen LogP contribution in [0.5, 0.6) is 0 Å². The van der Waals surface area contributed by atoms with Gasteiger partial charge in [0.2, 0.25) is 5.91 Å². The number of carbonyl (C=O) groups is 1. The molecule has 1 aromatic rings. The summed E-state index contributed by atoms with van der Waals surface area (Å²) in [5.74, 6) is 0.996. The van der Waals surface area contributed by atoms with Gasteiger partial charge in [0.1, 0.15) is 0 Å². The second-order valence-electron chi connectivity index (χ2n) is 6.36. The van der Waals surface area contributed by atoms with Gasteiger partial charge in [0.25, 0.3) is 0 Å². The molecule has 3 unspecified atom stereocenters. The van der Waals surface area contributed by atoms with Crippen LogP contribution < -0.4 is 5.32 Å². The molecule has 2 aliphatic rings. The van der Waals surface area contributed by atoms with Crippen molar-refractivity contribution in [2.75, 3.05) is 25.0 Å². The molecule has 4 heteroatoms. The second kappa shape index (κ2) is 6.16. The number of carbonyl (C=O) groups excluding carboxylic acids is 1. The number of nitrogens with one attached hydrogen (secondary N) is 1. The minimum absolute atomic E-state index is 0.0396. The zero-order valence-electron chi connectivity index (χ0n) is 12.6. The van der Waals surface area contributed by atoms with E-state index in [-0.39, 0.29) is 12.0 Å². The standard InChI is InChI=1S/C17H24N2O2/c1-2-12-4-3-5-14(8-12)18-17(21)11-19-9-13-6-7-16(20)15(13)10-19/h3-5,8,13,15-16,20H,2,6-7,9-11H2,1H3,(H,18,21). The molecule has 4 nitrogen and oxygen atoms in total. The molecule has 1 aromatic carbocycles. The SMILES string of the molecule is CCc1cccc(NC(=O)CN2CC3CCC(O)C3C2)c1. The Morgan fingerprint density at radius 2 is 2.24 bits per heavy atom. The summed E-state index contributed by atoms with van der Waals surface area (Å²) in [6, 6.07) is 8.00. The summed E-state index contributed by atoms with van der Waals surface area (Å²) in [6.07, 6.45) is 2.84. The zero-order valence-corrected chi connectivity index (χ0v) is 12.6. The fraction of sp³-hybridized carbons (Fsp3) is 0.588. The van der Waals surface area contributed by atoms with Crippen LogP contribution in [0.2, 0.25) is 0 Å². The average molecular weight is 288 g/mol. The highest BCUT2D eigenvalue weighted by molar-refractivity contribution is 5.92. The maximum Gasteiger partial charge on any atom is 0.238 e. The first-order chi connectivity index (χ1) is 10.2. The van der Waals surface area contributed by atoms with Gasteiger partial charge in [-0.15, -0.1) is 0 Å². The van der Waals surface area contributed by atoms with E-state index >= 15 is 0 Å². The summed E-state index contributed by atoms with van der Waals surface area (Å²) in [5.41, 5.74) is 2.10. The Balaban J connectivity index is 1.53. The summed E-state index contributed by atoms with van der Waals surface area (Å²) in [6.45, 7) is 4.34. The van der Waals surface area contributed by atoms with E-state index in [1.165, 1.54) is 5.56 Å². The molecule has 1 aliphatic heterocycles. The molecule has 0 aromatic heterocycles. The van der Waals surface area contributed by atoms with Gasteiger partial charge >= 0.3 is 0 Å². The van der Waals surface area contributed by atoms with Crippen molar-refractivity contribution < 1.29 is 9.90 Å². The van der Waals surface area contributed by atoms with Crippen molar-refractivity contribution in [3.8, 4) is 0 Å². The van der Waals surface area contributed by atoms with Crippen molar-refractivity contribution in [3.63, 3.8) is 0 Å². The van der Waals surface area contributed by atoms with Gasteiger partial charge in [-0.25, -0.2) is 0 Å². The van der Waals surface area contributed by atoms with Crippen LogP contribution in [0, 0.1) is 11.8 Å². The molecular formula is C17H24N2O2. The van der Waals surface area contributed by atoms with Gasteiger partial charge in [0, 0.05) is 24.7 Å². The first-order valence-electron chi connectivity index (χ1n) is 7.95. The molecular weight excluding hydrogens is 264 g/mol. The number of benzene rings is 1. The van der Waals surface area contributed by atoms with Crippen molar-refractivity contribution in [3.05, 3.63) is 29.8 Å². The molecule has 21 heavy (non-hydrogen) atoms. The first kappa shape index (κ1) is 14.5. The number of likely N-dealkylation sites (tertiary alicyclic amines) is 1. The zero-order chi connectivity index (χ0) is 14.8. The molecule has 0 spiro atoms. The molecule has 114 valence electrons. The lowest BCUT2D eigenvalue weighted by Gasteiger charge is -2.17. The van der Waals surface area contributed by atoms with Crippen molar-refractivity contribution >= 4 is 11.6 Å². The minimum atomic E-state index is -0.163. The molecule has 1 heterocycles. The third-order valence-corrected chi connectivity index (χ3v) is 4.88. The third kappa shape index (κ3) is 3.27. The highest BCUT2D eigenvalue weighted by Crippen LogP contribution is 2.37. The molecule has 0 radical (unpaired) electrons. The molecule has 1 saturated heterocycles. The predicted octanol–water partition coefficient (Wildman–Crippen LogP) is 1.89. The van der Waals surface area contributed by atoms with Crippen LogP contribution in [0.25, 0.3) is 0 Å². The summed E-state index contributed by atoms with van der Waals surface area (Å²) < 4.78 is 0. The number of nitrogens with zero attached hydrogens (tertiary/aromatic N) is 1. The summed E-state index contributed by atoms with van der Waals surface area (Å²) in [5, 5.41) is 12.9. The summed E-state index contributed by atoms with van der Waals surface area (Å²) in [4.78, 5) is 14.3. The lowest BCUT2D eigenvalue weighted by molar-refractivity contribution is -0.117. The summed E-state index contributed by atoms with van der Waals surface area (Å²) >= 11 is 0. The van der Waals surface area contributed by atoms with Crippen molar-refractivity contribution in [2.45, 2.75) is 32.3 Å². The van der Waals surface area contributed by atoms with Crippen LogP contribution in [-0.2, 0) is 11.2 Å². The second-order valence-corrected chi connectivity index (χ2v) is 6.36. The molecule has 1 saturated carbocycles. The molecule has 2 fully saturated rings. The average Bonchev–Trinajstić information content (AvgIpc) is 3.01. The summed E-state index contributed by atoms with van der Waals surface area (Å²) in [7, 11) is 0. The Labute approximate surface area is 126 Å². The number of rotatable bonds is 4. The highest BCUT2D eigenvalue weighted by atomic mass is 16.3. The number of fused-ring (bicyclic) bond motifs is 1. The predicted molar refractivity (Wildman–Crippen MR) is 83.1 cm³/mol. The van der Waals surface area contributed by atoms with Crippen molar-refractivity contribution in [2.24, 2.45) is 11.8 Å².